The van der Waals surface area contributed by atoms with E-state index in [1.54, 1.807) is 4.90 Å². The highest BCUT2D eigenvalue weighted by molar-refractivity contribution is 5.73. The summed E-state index contributed by atoms with van der Waals surface area (Å²) in [7, 11) is 0. The molecule has 1 fully saturated rings. The second kappa shape index (κ2) is 5.44. The van der Waals surface area contributed by atoms with Crippen LogP contribution in [0.3, 0.4) is 0 Å². The van der Waals surface area contributed by atoms with Crippen LogP contribution in [0.15, 0.2) is 0 Å². The van der Waals surface area contributed by atoms with Crippen LogP contribution in [0.25, 0.3) is 0 Å². The zero-order valence-electron chi connectivity index (χ0n) is 9.22. The summed E-state index contributed by atoms with van der Waals surface area (Å²) in [6, 6.07) is -0.509. The molecule has 0 amide bonds. The van der Waals surface area contributed by atoms with Crippen molar-refractivity contribution in [3.05, 3.63) is 0 Å². The number of carbonyl (C=O) groups is 1. The maximum Gasteiger partial charge on any atom is 0.320 e. The second-order valence-electron chi connectivity index (χ2n) is 3.78. The minimum Gasteiger partial charge on any atom is -0.480 e. The average Bonchev–Trinajstić information content (AvgIpc) is 2.49. The molecule has 0 spiro atoms. The van der Waals surface area contributed by atoms with E-state index in [0.717, 1.165) is 0 Å². The number of β-amino-alcohol motifs (C(OH)–C–C–N with tert-alkyl or cyclic N) is 1. The first kappa shape index (κ1) is 12.4. The summed E-state index contributed by atoms with van der Waals surface area (Å²) in [6.45, 7) is 5.12. The molecule has 0 aliphatic carbocycles. The zero-order valence-corrected chi connectivity index (χ0v) is 9.22. The van der Waals surface area contributed by atoms with Gasteiger partial charge in [-0.2, -0.15) is 0 Å². The van der Waals surface area contributed by atoms with Gasteiger partial charge >= 0.3 is 5.97 Å². The van der Waals surface area contributed by atoms with Gasteiger partial charge in [-0.25, -0.2) is 0 Å². The quantitative estimate of drug-likeness (QED) is 0.674. The van der Waals surface area contributed by atoms with Crippen LogP contribution in [0, 0.1) is 0 Å². The van der Waals surface area contributed by atoms with E-state index < -0.39 is 18.1 Å². The van der Waals surface area contributed by atoms with E-state index in [-0.39, 0.29) is 6.10 Å². The molecule has 1 heterocycles. The molecule has 0 aromatic heterocycles. The fourth-order valence-electron chi connectivity index (χ4n) is 2.01. The van der Waals surface area contributed by atoms with E-state index in [2.05, 4.69) is 0 Å². The number of nitrogens with zero attached hydrogens (tertiary/aromatic N) is 1. The van der Waals surface area contributed by atoms with Crippen LogP contribution in [-0.4, -0.2) is 59.0 Å². The van der Waals surface area contributed by atoms with Gasteiger partial charge in [0, 0.05) is 19.7 Å². The summed E-state index contributed by atoms with van der Waals surface area (Å²) in [4.78, 5) is 12.7. The van der Waals surface area contributed by atoms with Crippen LogP contribution < -0.4 is 0 Å². The van der Waals surface area contributed by atoms with Crippen LogP contribution in [0.4, 0.5) is 0 Å². The maximum absolute atomic E-state index is 10.9. The van der Waals surface area contributed by atoms with E-state index in [9.17, 15) is 9.90 Å². The summed E-state index contributed by atoms with van der Waals surface area (Å²) < 4.78 is 5.34. The molecule has 1 aliphatic rings. The van der Waals surface area contributed by atoms with Crippen LogP contribution in [0.1, 0.15) is 20.3 Å². The fraction of sp³-hybridized carbons (Fsp3) is 0.900. The highest BCUT2D eigenvalue weighted by Crippen LogP contribution is 2.18. The van der Waals surface area contributed by atoms with E-state index in [4.69, 9.17) is 9.84 Å². The molecule has 0 radical (unpaired) electrons. The number of carboxylic acids is 1. The normalized spacial score (nSPS) is 29.3. The van der Waals surface area contributed by atoms with Crippen molar-refractivity contribution in [1.82, 2.24) is 4.90 Å². The predicted octanol–water partition coefficient (Wildman–Crippen LogP) is -0.0688. The Bertz CT molecular complexity index is 221. The minimum absolute atomic E-state index is 0.247. The first-order valence-electron chi connectivity index (χ1n) is 5.36. The largest absolute Gasteiger partial charge is 0.480 e. The summed E-state index contributed by atoms with van der Waals surface area (Å²) >= 11 is 0. The molecule has 5 heteroatoms. The summed E-state index contributed by atoms with van der Waals surface area (Å²) in [6.07, 6.45) is -0.275. The fourth-order valence-corrected chi connectivity index (χ4v) is 2.01. The average molecular weight is 217 g/mol. The van der Waals surface area contributed by atoms with Crippen molar-refractivity contribution in [2.75, 3.05) is 19.7 Å². The Morgan fingerprint density at radius 1 is 1.53 bits per heavy atom. The van der Waals surface area contributed by atoms with E-state index in [1.807, 2.05) is 13.8 Å². The molecular weight excluding hydrogens is 198 g/mol. The number of rotatable bonds is 5. The second-order valence-corrected chi connectivity index (χ2v) is 3.78. The van der Waals surface area contributed by atoms with Crippen molar-refractivity contribution in [3.8, 4) is 0 Å². The van der Waals surface area contributed by atoms with Crippen molar-refractivity contribution in [1.29, 1.82) is 0 Å². The topological polar surface area (TPSA) is 70.0 Å². The molecule has 1 rings (SSSR count). The lowest BCUT2D eigenvalue weighted by Gasteiger charge is -2.22. The number of aliphatic carboxylic acids is 1. The standard InChI is InChI=1S/C10H19NO4/c1-3-7(10(13)14)11-5-8(12)9(6-11)15-4-2/h7-9,12H,3-6H2,1-2H3,(H,13,14)/t7-,8+,9+/m0/s1. The third kappa shape index (κ3) is 2.90. The number of aliphatic hydroxyl groups excluding tert-OH is 1. The van der Waals surface area contributed by atoms with Gasteiger partial charge in [-0.15, -0.1) is 0 Å². The zero-order chi connectivity index (χ0) is 11.4. The molecule has 5 nitrogen and oxygen atoms in total. The van der Waals surface area contributed by atoms with Crippen molar-refractivity contribution < 1.29 is 19.7 Å². The first-order chi connectivity index (χ1) is 7.10. The highest BCUT2D eigenvalue weighted by atomic mass is 16.5. The Morgan fingerprint density at radius 2 is 2.20 bits per heavy atom. The molecule has 0 aromatic rings. The molecule has 1 aliphatic heterocycles. The number of likely N-dealkylation sites (tertiary alicyclic amines) is 1. The van der Waals surface area contributed by atoms with Gasteiger partial charge in [-0.05, 0) is 13.3 Å². The van der Waals surface area contributed by atoms with Gasteiger partial charge in [0.25, 0.3) is 0 Å². The molecular formula is C10H19NO4. The number of hydrogen-bond acceptors (Lipinski definition) is 4. The van der Waals surface area contributed by atoms with Crippen molar-refractivity contribution >= 4 is 5.97 Å². The van der Waals surface area contributed by atoms with Crippen molar-refractivity contribution in [2.45, 2.75) is 38.5 Å². The molecule has 15 heavy (non-hydrogen) atoms. The Kier molecular flexibility index (Phi) is 4.50. The van der Waals surface area contributed by atoms with Gasteiger partial charge < -0.3 is 14.9 Å². The predicted molar refractivity (Wildman–Crippen MR) is 54.7 cm³/mol. The van der Waals surface area contributed by atoms with Crippen molar-refractivity contribution in [3.63, 3.8) is 0 Å². The maximum atomic E-state index is 10.9. The van der Waals surface area contributed by atoms with Gasteiger partial charge in [-0.3, -0.25) is 9.69 Å². The minimum atomic E-state index is -0.832. The monoisotopic (exact) mass is 217 g/mol. The Labute approximate surface area is 89.6 Å². The summed E-state index contributed by atoms with van der Waals surface area (Å²) in [5.41, 5.74) is 0. The van der Waals surface area contributed by atoms with Crippen LogP contribution >= 0.6 is 0 Å². The third-order valence-electron chi connectivity index (χ3n) is 2.76. The lowest BCUT2D eigenvalue weighted by molar-refractivity contribution is -0.143. The van der Waals surface area contributed by atoms with E-state index in [0.29, 0.717) is 26.1 Å². The molecule has 0 saturated carbocycles. The van der Waals surface area contributed by atoms with E-state index >= 15 is 0 Å². The van der Waals surface area contributed by atoms with E-state index in [1.165, 1.54) is 0 Å². The SMILES string of the molecule is CCO[C@@H]1CN([C@@H](CC)C(=O)O)C[C@H]1O. The van der Waals surface area contributed by atoms with Gasteiger partial charge in [0.1, 0.15) is 6.04 Å². The third-order valence-corrected chi connectivity index (χ3v) is 2.76. The Balaban J connectivity index is 2.55. The first-order valence-corrected chi connectivity index (χ1v) is 5.36. The lowest BCUT2D eigenvalue weighted by atomic mass is 10.2. The molecule has 0 aromatic carbocycles. The van der Waals surface area contributed by atoms with Crippen LogP contribution in [0.2, 0.25) is 0 Å². The Hall–Kier alpha value is -0.650. The number of ether oxygens (including phenoxy) is 1. The Morgan fingerprint density at radius 3 is 2.67 bits per heavy atom. The summed E-state index contributed by atoms with van der Waals surface area (Å²) in [5.74, 6) is -0.832. The summed E-state index contributed by atoms with van der Waals surface area (Å²) in [5, 5.41) is 18.6. The smallest absolute Gasteiger partial charge is 0.320 e. The molecule has 88 valence electrons. The van der Waals surface area contributed by atoms with Crippen LogP contribution in [-0.2, 0) is 9.53 Å². The molecule has 1 saturated heterocycles. The van der Waals surface area contributed by atoms with Crippen molar-refractivity contribution in [2.24, 2.45) is 0 Å². The molecule has 0 bridgehead atoms. The van der Waals surface area contributed by atoms with Gasteiger partial charge in [-0.1, -0.05) is 6.92 Å². The number of hydrogen-bond donors (Lipinski definition) is 2. The molecule has 3 atom stereocenters. The van der Waals surface area contributed by atoms with Gasteiger partial charge in [0.05, 0.1) is 12.2 Å². The molecule has 0 unspecified atom stereocenters. The van der Waals surface area contributed by atoms with Gasteiger partial charge in [0.2, 0.25) is 0 Å². The molecule has 2 N–H and O–H groups in total. The number of carboxylic acid groups (broad SMARTS) is 1. The van der Waals surface area contributed by atoms with Gasteiger partial charge in [0.15, 0.2) is 0 Å². The highest BCUT2D eigenvalue weighted by Gasteiger charge is 2.37. The lowest BCUT2D eigenvalue weighted by Crippen LogP contribution is -2.40. The number of aliphatic hydroxyl groups is 1. The van der Waals surface area contributed by atoms with Crippen LogP contribution in [0.5, 0.6) is 0 Å².